The van der Waals surface area contributed by atoms with Gasteiger partial charge in [-0.05, 0) is 42.3 Å². The Hall–Kier alpha value is -1.64. The molecule has 1 aliphatic carbocycles. The number of ether oxygens (including phenoxy) is 1. The Morgan fingerprint density at radius 1 is 1.39 bits per heavy atom. The van der Waals surface area contributed by atoms with Crippen LogP contribution in [0.2, 0.25) is 0 Å². The highest BCUT2D eigenvalue weighted by atomic mass is 32.1. The van der Waals surface area contributed by atoms with Crippen molar-refractivity contribution in [3.05, 3.63) is 29.1 Å². The van der Waals surface area contributed by atoms with Crippen LogP contribution in [0, 0.1) is 0 Å². The van der Waals surface area contributed by atoms with Gasteiger partial charge in [-0.15, -0.1) is 11.3 Å². The number of thiophene rings is 1. The largest absolute Gasteiger partial charge is 0.495 e. The lowest BCUT2D eigenvalue weighted by Gasteiger charge is -2.37. The van der Waals surface area contributed by atoms with Crippen LogP contribution in [-0.2, 0) is 10.3 Å². The number of hydrogen-bond donors (Lipinski definition) is 0. The Kier molecular flexibility index (Phi) is 2.69. The van der Waals surface area contributed by atoms with Crippen LogP contribution in [0.25, 0.3) is 10.1 Å². The molecule has 3 rings (SSSR count). The summed E-state index contributed by atoms with van der Waals surface area (Å²) in [7, 11) is 1.68. The number of fused-ring (bicyclic) bond motifs is 1. The molecule has 1 aromatic carbocycles. The molecule has 2 aromatic rings. The molecule has 4 heteroatoms. The SMILES string of the molecule is COc1ccc(C2(N=C=O)CCC2)c2ccsc12. The third-order valence-corrected chi connectivity index (χ3v) is 4.67. The van der Waals surface area contributed by atoms with Crippen molar-refractivity contribution in [2.75, 3.05) is 7.11 Å². The molecule has 1 aromatic heterocycles. The fourth-order valence-corrected chi connectivity index (χ4v) is 3.56. The number of rotatable bonds is 3. The summed E-state index contributed by atoms with van der Waals surface area (Å²) in [6.45, 7) is 0. The minimum Gasteiger partial charge on any atom is -0.495 e. The van der Waals surface area contributed by atoms with Gasteiger partial charge in [-0.1, -0.05) is 6.07 Å². The van der Waals surface area contributed by atoms with Gasteiger partial charge in [-0.3, -0.25) is 0 Å². The quantitative estimate of drug-likeness (QED) is 0.623. The van der Waals surface area contributed by atoms with Gasteiger partial charge in [0.25, 0.3) is 0 Å². The second-order valence-electron chi connectivity index (χ2n) is 4.57. The number of benzene rings is 1. The van der Waals surface area contributed by atoms with Gasteiger partial charge < -0.3 is 4.74 Å². The van der Waals surface area contributed by atoms with Crippen molar-refractivity contribution in [3.63, 3.8) is 0 Å². The van der Waals surface area contributed by atoms with Gasteiger partial charge in [0.1, 0.15) is 5.75 Å². The number of isocyanates is 1. The standard InChI is InChI=1S/C14H13NO2S/c1-17-12-4-3-11(10-5-8-18-13(10)12)14(15-9-16)6-2-7-14/h3-5,8H,2,6-7H2,1H3. The molecule has 0 bridgehead atoms. The fraction of sp³-hybridized carbons (Fsp3) is 0.357. The van der Waals surface area contributed by atoms with E-state index in [0.29, 0.717) is 0 Å². The Labute approximate surface area is 109 Å². The third kappa shape index (κ3) is 1.50. The van der Waals surface area contributed by atoms with Crippen molar-refractivity contribution in [3.8, 4) is 5.75 Å². The zero-order valence-electron chi connectivity index (χ0n) is 10.1. The van der Waals surface area contributed by atoms with Gasteiger partial charge in [0, 0.05) is 5.39 Å². The number of carbonyl (C=O) groups excluding carboxylic acids is 1. The average Bonchev–Trinajstić information content (AvgIpc) is 2.82. The van der Waals surface area contributed by atoms with Gasteiger partial charge >= 0.3 is 0 Å². The van der Waals surface area contributed by atoms with Crippen LogP contribution in [0.1, 0.15) is 24.8 Å². The zero-order valence-corrected chi connectivity index (χ0v) is 10.9. The van der Waals surface area contributed by atoms with Crippen LogP contribution >= 0.6 is 11.3 Å². The molecule has 0 unspecified atom stereocenters. The van der Waals surface area contributed by atoms with E-state index >= 15 is 0 Å². The second-order valence-corrected chi connectivity index (χ2v) is 5.48. The summed E-state index contributed by atoms with van der Waals surface area (Å²) in [5.74, 6) is 0.883. The van der Waals surface area contributed by atoms with Crippen molar-refractivity contribution in [2.45, 2.75) is 24.8 Å². The van der Waals surface area contributed by atoms with Crippen LogP contribution in [0.4, 0.5) is 0 Å². The van der Waals surface area contributed by atoms with E-state index in [4.69, 9.17) is 4.74 Å². The number of aliphatic imine (C=N–C) groups is 1. The Bertz CT molecular complexity index is 636. The summed E-state index contributed by atoms with van der Waals surface area (Å²) >= 11 is 1.66. The highest BCUT2D eigenvalue weighted by Crippen LogP contribution is 2.48. The smallest absolute Gasteiger partial charge is 0.235 e. The summed E-state index contributed by atoms with van der Waals surface area (Å²) in [5, 5.41) is 3.20. The van der Waals surface area contributed by atoms with Crippen molar-refractivity contribution in [1.82, 2.24) is 0 Å². The maximum atomic E-state index is 10.7. The van der Waals surface area contributed by atoms with Gasteiger partial charge in [-0.2, -0.15) is 4.99 Å². The van der Waals surface area contributed by atoms with Crippen LogP contribution in [0.5, 0.6) is 5.75 Å². The minimum absolute atomic E-state index is 0.340. The molecule has 3 nitrogen and oxygen atoms in total. The van der Waals surface area contributed by atoms with Gasteiger partial charge in [0.15, 0.2) is 0 Å². The molecule has 0 radical (unpaired) electrons. The van der Waals surface area contributed by atoms with E-state index in [2.05, 4.69) is 11.1 Å². The molecular weight excluding hydrogens is 246 g/mol. The van der Waals surface area contributed by atoms with E-state index in [9.17, 15) is 4.79 Å². The maximum Gasteiger partial charge on any atom is 0.235 e. The number of methoxy groups -OCH3 is 1. The Morgan fingerprint density at radius 2 is 2.22 bits per heavy atom. The normalized spacial score (nSPS) is 16.9. The molecule has 0 aliphatic heterocycles. The predicted octanol–water partition coefficient (Wildman–Crippen LogP) is 3.62. The molecule has 1 fully saturated rings. The third-order valence-electron chi connectivity index (χ3n) is 3.74. The van der Waals surface area contributed by atoms with E-state index in [1.165, 1.54) is 0 Å². The van der Waals surface area contributed by atoms with Gasteiger partial charge in [0.2, 0.25) is 6.08 Å². The molecule has 1 saturated carbocycles. The molecule has 0 saturated heterocycles. The average molecular weight is 259 g/mol. The molecule has 0 atom stereocenters. The fourth-order valence-electron chi connectivity index (χ4n) is 2.64. The topological polar surface area (TPSA) is 38.7 Å². The monoisotopic (exact) mass is 259 g/mol. The lowest BCUT2D eigenvalue weighted by molar-refractivity contribution is 0.258. The van der Waals surface area contributed by atoms with Crippen molar-refractivity contribution >= 4 is 27.5 Å². The molecule has 0 spiro atoms. The van der Waals surface area contributed by atoms with E-state index in [1.54, 1.807) is 24.5 Å². The second kappa shape index (κ2) is 4.23. The first-order valence-electron chi connectivity index (χ1n) is 5.94. The minimum atomic E-state index is -0.340. The summed E-state index contributed by atoms with van der Waals surface area (Å²) in [6, 6.07) is 6.08. The van der Waals surface area contributed by atoms with Crippen molar-refractivity contribution in [2.24, 2.45) is 4.99 Å². The molecule has 1 heterocycles. The lowest BCUT2D eigenvalue weighted by Crippen LogP contribution is -2.32. The van der Waals surface area contributed by atoms with E-state index < -0.39 is 0 Å². The van der Waals surface area contributed by atoms with Gasteiger partial charge in [-0.25, -0.2) is 4.79 Å². The molecular formula is C14H13NO2S. The predicted molar refractivity (Wildman–Crippen MR) is 72.0 cm³/mol. The van der Waals surface area contributed by atoms with E-state index in [-0.39, 0.29) is 5.54 Å². The summed E-state index contributed by atoms with van der Waals surface area (Å²) in [5.41, 5.74) is 0.794. The number of nitrogens with zero attached hydrogens (tertiary/aromatic N) is 1. The van der Waals surface area contributed by atoms with E-state index in [1.807, 2.05) is 17.5 Å². The van der Waals surface area contributed by atoms with Crippen LogP contribution in [0.15, 0.2) is 28.6 Å². The summed E-state index contributed by atoms with van der Waals surface area (Å²) in [6.07, 6.45) is 4.72. The molecule has 0 amide bonds. The highest BCUT2D eigenvalue weighted by Gasteiger charge is 2.40. The zero-order chi connectivity index (χ0) is 12.6. The molecule has 0 N–H and O–H groups in total. The highest BCUT2D eigenvalue weighted by molar-refractivity contribution is 7.17. The molecule has 1 aliphatic rings. The summed E-state index contributed by atoms with van der Waals surface area (Å²) < 4.78 is 6.49. The molecule has 18 heavy (non-hydrogen) atoms. The van der Waals surface area contributed by atoms with Crippen LogP contribution < -0.4 is 4.74 Å². The first-order chi connectivity index (χ1) is 8.80. The number of hydrogen-bond acceptors (Lipinski definition) is 4. The van der Waals surface area contributed by atoms with Crippen molar-refractivity contribution < 1.29 is 9.53 Å². The Morgan fingerprint density at radius 3 is 2.83 bits per heavy atom. The first kappa shape index (κ1) is 11.5. The van der Waals surface area contributed by atoms with Crippen LogP contribution in [0.3, 0.4) is 0 Å². The maximum absolute atomic E-state index is 10.7. The Balaban J connectivity index is 2.24. The lowest BCUT2D eigenvalue weighted by atomic mass is 9.71. The van der Waals surface area contributed by atoms with E-state index in [0.717, 1.165) is 40.7 Å². The van der Waals surface area contributed by atoms with Gasteiger partial charge in [0.05, 0.1) is 17.3 Å². The van der Waals surface area contributed by atoms with Crippen molar-refractivity contribution in [1.29, 1.82) is 0 Å². The summed E-state index contributed by atoms with van der Waals surface area (Å²) in [4.78, 5) is 14.7. The van der Waals surface area contributed by atoms with Crippen LogP contribution in [-0.4, -0.2) is 13.2 Å². The molecule has 92 valence electrons. The first-order valence-corrected chi connectivity index (χ1v) is 6.82.